The molecule has 1 unspecified atom stereocenters. The van der Waals surface area contributed by atoms with E-state index in [0.29, 0.717) is 5.88 Å². The van der Waals surface area contributed by atoms with Crippen LogP contribution in [0.1, 0.15) is 24.8 Å². The Bertz CT molecular complexity index is 446. The van der Waals surface area contributed by atoms with Gasteiger partial charge in [0.2, 0.25) is 0 Å². The van der Waals surface area contributed by atoms with Crippen molar-refractivity contribution in [1.29, 1.82) is 0 Å². The number of benzene rings is 1. The van der Waals surface area contributed by atoms with Gasteiger partial charge >= 0.3 is 0 Å². The van der Waals surface area contributed by atoms with Crippen LogP contribution in [0.2, 0.25) is 0 Å². The van der Waals surface area contributed by atoms with Crippen molar-refractivity contribution in [2.45, 2.75) is 31.2 Å². The molecule has 0 spiro atoms. The number of anilines is 1. The summed E-state index contributed by atoms with van der Waals surface area (Å²) in [5.41, 5.74) is 2.55. The second-order valence-corrected chi connectivity index (χ2v) is 6.72. The van der Waals surface area contributed by atoms with E-state index in [0.717, 1.165) is 23.6 Å². The number of alkyl halides is 1. The highest BCUT2D eigenvalue weighted by molar-refractivity contribution is 9.10. The standard InChI is InChI=1S/C15H20BrClN2/c16-13-4-3-12(10-17)15(9-13)19-8-5-14(11-19)18-6-1-2-7-18/h3-4,9,14H,1-2,5-8,10-11H2. The molecule has 2 heterocycles. The molecule has 19 heavy (non-hydrogen) atoms. The highest BCUT2D eigenvalue weighted by Gasteiger charge is 2.30. The lowest BCUT2D eigenvalue weighted by molar-refractivity contribution is 0.260. The lowest BCUT2D eigenvalue weighted by Gasteiger charge is -2.25. The van der Waals surface area contributed by atoms with Gasteiger partial charge in [0.1, 0.15) is 0 Å². The van der Waals surface area contributed by atoms with E-state index in [1.165, 1.54) is 43.6 Å². The van der Waals surface area contributed by atoms with Gasteiger partial charge in [0, 0.05) is 35.2 Å². The summed E-state index contributed by atoms with van der Waals surface area (Å²) in [7, 11) is 0. The van der Waals surface area contributed by atoms with Crippen LogP contribution in [0.5, 0.6) is 0 Å². The smallest absolute Gasteiger partial charge is 0.0494 e. The van der Waals surface area contributed by atoms with E-state index in [9.17, 15) is 0 Å². The van der Waals surface area contributed by atoms with Crippen molar-refractivity contribution in [2.24, 2.45) is 0 Å². The second-order valence-electron chi connectivity index (χ2n) is 5.54. The molecule has 1 atom stereocenters. The Balaban J connectivity index is 1.75. The van der Waals surface area contributed by atoms with Crippen molar-refractivity contribution in [2.75, 3.05) is 31.1 Å². The fourth-order valence-corrected chi connectivity index (χ4v) is 3.88. The van der Waals surface area contributed by atoms with Crippen molar-refractivity contribution in [1.82, 2.24) is 4.90 Å². The van der Waals surface area contributed by atoms with Crippen molar-refractivity contribution in [3.8, 4) is 0 Å². The van der Waals surface area contributed by atoms with Gasteiger partial charge < -0.3 is 4.90 Å². The molecule has 2 aliphatic rings. The van der Waals surface area contributed by atoms with E-state index in [4.69, 9.17) is 11.6 Å². The van der Waals surface area contributed by atoms with E-state index < -0.39 is 0 Å². The first-order chi connectivity index (χ1) is 9.28. The summed E-state index contributed by atoms with van der Waals surface area (Å²) in [5.74, 6) is 0.591. The number of hydrogen-bond donors (Lipinski definition) is 0. The van der Waals surface area contributed by atoms with Crippen LogP contribution >= 0.6 is 27.5 Å². The molecule has 1 aromatic carbocycles. The summed E-state index contributed by atoms with van der Waals surface area (Å²) in [6, 6.07) is 7.17. The van der Waals surface area contributed by atoms with Gasteiger partial charge in [0.05, 0.1) is 0 Å². The lowest BCUT2D eigenvalue weighted by atomic mass is 10.2. The molecule has 0 radical (unpaired) electrons. The Morgan fingerprint density at radius 1 is 1.21 bits per heavy atom. The predicted molar refractivity (Wildman–Crippen MR) is 85.1 cm³/mol. The van der Waals surface area contributed by atoms with E-state index >= 15 is 0 Å². The van der Waals surface area contributed by atoms with Crippen molar-refractivity contribution >= 4 is 33.2 Å². The minimum Gasteiger partial charge on any atom is -0.370 e. The van der Waals surface area contributed by atoms with E-state index in [1.54, 1.807) is 0 Å². The number of likely N-dealkylation sites (tertiary alicyclic amines) is 1. The fourth-order valence-electron chi connectivity index (χ4n) is 3.31. The summed E-state index contributed by atoms with van der Waals surface area (Å²) in [5, 5.41) is 0. The highest BCUT2D eigenvalue weighted by atomic mass is 79.9. The molecule has 0 bridgehead atoms. The molecule has 2 saturated heterocycles. The van der Waals surface area contributed by atoms with Crippen LogP contribution in [0.3, 0.4) is 0 Å². The van der Waals surface area contributed by atoms with Crippen LogP contribution < -0.4 is 4.90 Å². The lowest BCUT2D eigenvalue weighted by Crippen LogP contribution is -2.35. The molecular formula is C15H20BrClN2. The van der Waals surface area contributed by atoms with E-state index in [2.05, 4.69) is 43.9 Å². The molecular weight excluding hydrogens is 324 g/mol. The predicted octanol–water partition coefficient (Wildman–Crippen LogP) is 3.86. The molecule has 2 aliphatic heterocycles. The average Bonchev–Trinajstić information content (AvgIpc) is 3.09. The number of nitrogens with zero attached hydrogens (tertiary/aromatic N) is 2. The molecule has 3 rings (SSSR count). The van der Waals surface area contributed by atoms with Crippen molar-refractivity contribution in [3.05, 3.63) is 28.2 Å². The maximum Gasteiger partial charge on any atom is 0.0494 e. The maximum absolute atomic E-state index is 6.07. The third-order valence-electron chi connectivity index (χ3n) is 4.35. The normalized spacial score (nSPS) is 24.3. The number of rotatable bonds is 3. The zero-order chi connectivity index (χ0) is 13.2. The zero-order valence-corrected chi connectivity index (χ0v) is 13.5. The Morgan fingerprint density at radius 3 is 2.74 bits per heavy atom. The Hall–Kier alpha value is -0.250. The minimum atomic E-state index is 0.591. The van der Waals surface area contributed by atoms with Gasteiger partial charge in [-0.15, -0.1) is 11.6 Å². The Morgan fingerprint density at radius 2 is 2.00 bits per heavy atom. The molecule has 0 aliphatic carbocycles. The summed E-state index contributed by atoms with van der Waals surface area (Å²) < 4.78 is 1.14. The van der Waals surface area contributed by atoms with Gasteiger partial charge in [-0.1, -0.05) is 22.0 Å². The van der Waals surface area contributed by atoms with Crippen LogP contribution in [0.25, 0.3) is 0 Å². The molecule has 1 aromatic rings. The van der Waals surface area contributed by atoms with Gasteiger partial charge in [-0.25, -0.2) is 0 Å². The SMILES string of the molecule is ClCc1ccc(Br)cc1N1CCC(N2CCCC2)C1. The Kier molecular flexibility index (Phi) is 4.35. The first-order valence-corrected chi connectivity index (χ1v) is 8.44. The van der Waals surface area contributed by atoms with E-state index in [1.807, 2.05) is 0 Å². The van der Waals surface area contributed by atoms with Gasteiger partial charge in [-0.2, -0.15) is 0 Å². The molecule has 4 heteroatoms. The summed E-state index contributed by atoms with van der Waals surface area (Å²) in [4.78, 5) is 5.17. The zero-order valence-electron chi connectivity index (χ0n) is 11.1. The van der Waals surface area contributed by atoms with Crippen molar-refractivity contribution in [3.63, 3.8) is 0 Å². The van der Waals surface area contributed by atoms with E-state index in [-0.39, 0.29) is 0 Å². The molecule has 104 valence electrons. The summed E-state index contributed by atoms with van der Waals surface area (Å²) >= 11 is 9.65. The average molecular weight is 344 g/mol. The molecule has 2 nitrogen and oxygen atoms in total. The van der Waals surface area contributed by atoms with Crippen LogP contribution in [-0.4, -0.2) is 37.1 Å². The number of hydrogen-bond acceptors (Lipinski definition) is 2. The fraction of sp³-hybridized carbons (Fsp3) is 0.600. The highest BCUT2D eigenvalue weighted by Crippen LogP contribution is 2.31. The van der Waals surface area contributed by atoms with Crippen LogP contribution in [0.15, 0.2) is 22.7 Å². The molecule has 0 saturated carbocycles. The topological polar surface area (TPSA) is 6.48 Å². The Labute approximate surface area is 128 Å². The molecule has 2 fully saturated rings. The third-order valence-corrected chi connectivity index (χ3v) is 5.13. The largest absolute Gasteiger partial charge is 0.370 e. The number of halogens is 2. The second kappa shape index (κ2) is 6.02. The third kappa shape index (κ3) is 2.93. The van der Waals surface area contributed by atoms with Crippen LogP contribution in [-0.2, 0) is 5.88 Å². The quantitative estimate of drug-likeness (QED) is 0.769. The minimum absolute atomic E-state index is 0.591. The van der Waals surface area contributed by atoms with Crippen LogP contribution in [0, 0.1) is 0 Å². The molecule has 0 N–H and O–H groups in total. The van der Waals surface area contributed by atoms with Crippen molar-refractivity contribution < 1.29 is 0 Å². The monoisotopic (exact) mass is 342 g/mol. The van der Waals surface area contributed by atoms with Gasteiger partial charge in [-0.3, -0.25) is 4.90 Å². The first kappa shape index (κ1) is 13.7. The van der Waals surface area contributed by atoms with Crippen LogP contribution in [0.4, 0.5) is 5.69 Å². The van der Waals surface area contributed by atoms with Gasteiger partial charge in [0.25, 0.3) is 0 Å². The van der Waals surface area contributed by atoms with Gasteiger partial charge in [0.15, 0.2) is 0 Å². The summed E-state index contributed by atoms with van der Waals surface area (Å²) in [6.07, 6.45) is 4.04. The summed E-state index contributed by atoms with van der Waals surface area (Å²) in [6.45, 7) is 4.89. The maximum atomic E-state index is 6.07. The van der Waals surface area contributed by atoms with Gasteiger partial charge in [-0.05, 0) is 50.0 Å². The molecule has 0 amide bonds. The first-order valence-electron chi connectivity index (χ1n) is 7.11. The molecule has 0 aromatic heterocycles.